The monoisotopic (exact) mass is 357 g/mol. The molecule has 3 rings (SSSR count). The fraction of sp³-hybridized carbons (Fsp3) is 0.368. The van der Waals surface area contributed by atoms with E-state index in [0.29, 0.717) is 17.0 Å². The van der Waals surface area contributed by atoms with E-state index in [1.807, 2.05) is 23.6 Å². The van der Waals surface area contributed by atoms with Crippen LogP contribution in [0.3, 0.4) is 0 Å². The predicted molar refractivity (Wildman–Crippen MR) is 99.6 cm³/mol. The van der Waals surface area contributed by atoms with E-state index < -0.39 is 0 Å². The van der Waals surface area contributed by atoms with Crippen molar-refractivity contribution in [2.75, 3.05) is 0 Å². The molecule has 1 aromatic carbocycles. The maximum Gasteiger partial charge on any atom is 0.261 e. The minimum Gasteiger partial charge on any atom is -0.349 e. The first-order valence-electron chi connectivity index (χ1n) is 8.59. The fourth-order valence-corrected chi connectivity index (χ4v) is 3.62. The first-order valence-corrected chi connectivity index (χ1v) is 9.47. The van der Waals surface area contributed by atoms with Crippen molar-refractivity contribution in [2.24, 2.45) is 5.73 Å². The standard InChI is InChI=1S/C19H23N3O2S/c20-15-7-9-16(10-8-15)22-18(23)14-5-3-13(4-6-14)12-21-19(24)17-2-1-11-25-17/h1-6,11,15-16H,7-10,12,20H2,(H,21,24)(H,22,23). The van der Waals surface area contributed by atoms with E-state index in [4.69, 9.17) is 5.73 Å². The molecule has 4 N–H and O–H groups in total. The molecule has 0 spiro atoms. The van der Waals surface area contributed by atoms with Gasteiger partial charge in [0.1, 0.15) is 0 Å². The number of benzene rings is 1. The highest BCUT2D eigenvalue weighted by Crippen LogP contribution is 2.17. The van der Waals surface area contributed by atoms with Crippen molar-refractivity contribution < 1.29 is 9.59 Å². The number of nitrogens with one attached hydrogen (secondary N) is 2. The van der Waals surface area contributed by atoms with Gasteiger partial charge in [0.05, 0.1) is 4.88 Å². The highest BCUT2D eigenvalue weighted by molar-refractivity contribution is 7.12. The second-order valence-electron chi connectivity index (χ2n) is 6.44. The summed E-state index contributed by atoms with van der Waals surface area (Å²) in [6, 6.07) is 11.5. The Bertz CT molecular complexity index is 705. The minimum absolute atomic E-state index is 0.0466. The van der Waals surface area contributed by atoms with E-state index in [9.17, 15) is 9.59 Å². The molecule has 1 heterocycles. The third-order valence-electron chi connectivity index (χ3n) is 4.52. The molecule has 0 aliphatic heterocycles. The van der Waals surface area contributed by atoms with Gasteiger partial charge in [0.2, 0.25) is 0 Å². The molecule has 0 radical (unpaired) electrons. The molecular weight excluding hydrogens is 334 g/mol. The third kappa shape index (κ3) is 4.90. The number of carbonyl (C=O) groups is 2. The van der Waals surface area contributed by atoms with Gasteiger partial charge >= 0.3 is 0 Å². The van der Waals surface area contributed by atoms with Crippen molar-refractivity contribution in [3.63, 3.8) is 0 Å². The molecule has 132 valence electrons. The van der Waals surface area contributed by atoms with Crippen molar-refractivity contribution in [2.45, 2.75) is 44.3 Å². The summed E-state index contributed by atoms with van der Waals surface area (Å²) in [6.07, 6.45) is 3.82. The number of amides is 2. The lowest BCUT2D eigenvalue weighted by atomic mass is 9.91. The largest absolute Gasteiger partial charge is 0.349 e. The molecule has 0 unspecified atom stereocenters. The lowest BCUT2D eigenvalue weighted by molar-refractivity contribution is 0.0923. The van der Waals surface area contributed by atoms with Crippen molar-refractivity contribution in [3.8, 4) is 0 Å². The molecule has 1 aliphatic carbocycles. The van der Waals surface area contributed by atoms with Crippen LogP contribution in [0.4, 0.5) is 0 Å². The van der Waals surface area contributed by atoms with Gasteiger partial charge in [-0.15, -0.1) is 11.3 Å². The summed E-state index contributed by atoms with van der Waals surface area (Å²) in [5.41, 5.74) is 7.50. The van der Waals surface area contributed by atoms with Crippen LogP contribution in [0.5, 0.6) is 0 Å². The molecule has 1 fully saturated rings. The van der Waals surface area contributed by atoms with Crippen LogP contribution in [-0.4, -0.2) is 23.9 Å². The average molecular weight is 357 g/mol. The van der Waals surface area contributed by atoms with Crippen LogP contribution in [0, 0.1) is 0 Å². The van der Waals surface area contributed by atoms with Crippen LogP contribution in [0.1, 0.15) is 51.3 Å². The Morgan fingerprint density at radius 1 is 1.04 bits per heavy atom. The Labute approximate surface area is 151 Å². The van der Waals surface area contributed by atoms with Gasteiger partial charge in [-0.3, -0.25) is 9.59 Å². The van der Waals surface area contributed by atoms with Crippen LogP contribution < -0.4 is 16.4 Å². The Morgan fingerprint density at radius 2 is 1.76 bits per heavy atom. The maximum absolute atomic E-state index is 12.3. The van der Waals surface area contributed by atoms with Crippen molar-refractivity contribution in [1.29, 1.82) is 0 Å². The summed E-state index contributed by atoms with van der Waals surface area (Å²) in [5.74, 6) is -0.123. The molecule has 5 nitrogen and oxygen atoms in total. The number of nitrogens with two attached hydrogens (primary N) is 1. The van der Waals surface area contributed by atoms with Gasteiger partial charge in [0.25, 0.3) is 11.8 Å². The van der Waals surface area contributed by atoms with E-state index in [1.54, 1.807) is 18.2 Å². The van der Waals surface area contributed by atoms with E-state index >= 15 is 0 Å². The minimum atomic E-state index is -0.0765. The zero-order valence-corrected chi connectivity index (χ0v) is 14.9. The zero-order chi connectivity index (χ0) is 17.6. The molecule has 1 aliphatic rings. The Morgan fingerprint density at radius 3 is 2.40 bits per heavy atom. The second-order valence-corrected chi connectivity index (χ2v) is 7.39. The average Bonchev–Trinajstić information content (AvgIpc) is 3.17. The second kappa shape index (κ2) is 8.27. The topological polar surface area (TPSA) is 84.2 Å². The summed E-state index contributed by atoms with van der Waals surface area (Å²) < 4.78 is 0. The summed E-state index contributed by atoms with van der Waals surface area (Å²) in [4.78, 5) is 24.9. The quantitative estimate of drug-likeness (QED) is 0.769. The molecule has 2 aromatic rings. The SMILES string of the molecule is NC1CCC(NC(=O)c2ccc(CNC(=O)c3cccs3)cc2)CC1. The van der Waals surface area contributed by atoms with Crippen molar-refractivity contribution in [3.05, 3.63) is 57.8 Å². The van der Waals surface area contributed by atoms with Crippen molar-refractivity contribution >= 4 is 23.2 Å². The molecule has 25 heavy (non-hydrogen) atoms. The van der Waals surface area contributed by atoms with Gasteiger partial charge in [-0.2, -0.15) is 0 Å². The maximum atomic E-state index is 12.3. The Balaban J connectivity index is 1.49. The van der Waals surface area contributed by atoms with E-state index in [2.05, 4.69) is 10.6 Å². The van der Waals surface area contributed by atoms with E-state index in [1.165, 1.54) is 11.3 Å². The highest BCUT2D eigenvalue weighted by Gasteiger charge is 2.20. The smallest absolute Gasteiger partial charge is 0.261 e. The molecule has 1 saturated carbocycles. The molecule has 0 atom stereocenters. The van der Waals surface area contributed by atoms with Crippen LogP contribution in [0.25, 0.3) is 0 Å². The van der Waals surface area contributed by atoms with Crippen LogP contribution >= 0.6 is 11.3 Å². The molecule has 6 heteroatoms. The van der Waals surface area contributed by atoms with Crippen LogP contribution in [0.15, 0.2) is 41.8 Å². The van der Waals surface area contributed by atoms with E-state index in [-0.39, 0.29) is 23.9 Å². The highest BCUT2D eigenvalue weighted by atomic mass is 32.1. The molecule has 0 bridgehead atoms. The van der Waals surface area contributed by atoms with Crippen LogP contribution in [0.2, 0.25) is 0 Å². The van der Waals surface area contributed by atoms with Crippen molar-refractivity contribution in [1.82, 2.24) is 10.6 Å². The number of thiophene rings is 1. The molecule has 2 amide bonds. The van der Waals surface area contributed by atoms with Gasteiger partial charge in [-0.25, -0.2) is 0 Å². The number of hydrogen-bond acceptors (Lipinski definition) is 4. The summed E-state index contributed by atoms with van der Waals surface area (Å²) in [7, 11) is 0. The Kier molecular flexibility index (Phi) is 5.83. The number of rotatable bonds is 5. The lowest BCUT2D eigenvalue weighted by Gasteiger charge is -2.26. The van der Waals surface area contributed by atoms with Gasteiger partial charge in [-0.05, 0) is 54.8 Å². The van der Waals surface area contributed by atoms with Gasteiger partial charge in [0.15, 0.2) is 0 Å². The predicted octanol–water partition coefficient (Wildman–Crippen LogP) is 2.68. The van der Waals surface area contributed by atoms with E-state index in [0.717, 1.165) is 31.2 Å². The van der Waals surface area contributed by atoms with Crippen LogP contribution in [-0.2, 0) is 6.54 Å². The first kappa shape index (κ1) is 17.6. The normalized spacial score (nSPS) is 20.0. The number of carbonyl (C=O) groups excluding carboxylic acids is 2. The first-order chi connectivity index (χ1) is 12.1. The number of hydrogen-bond donors (Lipinski definition) is 3. The third-order valence-corrected chi connectivity index (χ3v) is 5.39. The summed E-state index contributed by atoms with van der Waals surface area (Å²) in [5, 5.41) is 7.84. The summed E-state index contributed by atoms with van der Waals surface area (Å²) in [6.45, 7) is 0.444. The lowest BCUT2D eigenvalue weighted by Crippen LogP contribution is -2.40. The van der Waals surface area contributed by atoms with Gasteiger partial charge < -0.3 is 16.4 Å². The zero-order valence-electron chi connectivity index (χ0n) is 14.0. The molecule has 1 aromatic heterocycles. The Hall–Kier alpha value is -2.18. The van der Waals surface area contributed by atoms with Gasteiger partial charge in [0, 0.05) is 24.2 Å². The molecule has 0 saturated heterocycles. The molecular formula is C19H23N3O2S. The van der Waals surface area contributed by atoms with Gasteiger partial charge in [-0.1, -0.05) is 18.2 Å². The summed E-state index contributed by atoms with van der Waals surface area (Å²) >= 11 is 1.42. The fourth-order valence-electron chi connectivity index (χ4n) is 2.98.